The number of ether oxygens (including phenoxy) is 1. The van der Waals surface area contributed by atoms with Gasteiger partial charge in [-0.1, -0.05) is 6.08 Å². The summed E-state index contributed by atoms with van der Waals surface area (Å²) < 4.78 is 4.91. The Bertz CT molecular complexity index is 236. The maximum absolute atomic E-state index is 11.1. The van der Waals surface area contributed by atoms with Crippen molar-refractivity contribution >= 4 is 11.9 Å². The van der Waals surface area contributed by atoms with Gasteiger partial charge >= 0.3 is 5.97 Å². The lowest BCUT2D eigenvalue weighted by Crippen LogP contribution is -2.41. The maximum atomic E-state index is 11.1. The van der Waals surface area contributed by atoms with Gasteiger partial charge in [0.15, 0.2) is 0 Å². The number of aliphatic carboxylic acids is 1. The van der Waals surface area contributed by atoms with Gasteiger partial charge in [0, 0.05) is 19.2 Å². The number of hydrogen-bond donors (Lipinski definition) is 1. The second-order valence-electron chi connectivity index (χ2n) is 2.63. The summed E-state index contributed by atoms with van der Waals surface area (Å²) in [5.74, 6) is -1.10. The predicted octanol–water partition coefficient (Wildman–Crippen LogP) is -0.514. The lowest BCUT2D eigenvalue weighted by molar-refractivity contribution is -0.142. The highest BCUT2D eigenvalue weighted by Crippen LogP contribution is 1.98. The molecule has 0 atom stereocenters. The molecule has 72 valence electrons. The van der Waals surface area contributed by atoms with Crippen molar-refractivity contribution in [1.82, 2.24) is 4.90 Å². The molecule has 0 saturated carbocycles. The third-order valence-electron chi connectivity index (χ3n) is 1.67. The van der Waals surface area contributed by atoms with Crippen molar-refractivity contribution in [3.05, 3.63) is 12.2 Å². The molecule has 0 aromatic heterocycles. The molecule has 1 amide bonds. The van der Waals surface area contributed by atoms with Crippen LogP contribution in [0.15, 0.2) is 12.2 Å². The van der Waals surface area contributed by atoms with Crippen LogP contribution in [-0.2, 0) is 14.3 Å². The Labute approximate surface area is 75.6 Å². The number of nitrogens with zero attached hydrogens (tertiary/aromatic N) is 1. The standard InChI is InChI=1S/C8H11NO4/c10-7-6-13-5-4-9(7)3-1-2-8(11)12/h1-2H,3-6H2,(H,11,12)/b2-1+. The minimum atomic E-state index is -0.999. The van der Waals surface area contributed by atoms with Crippen molar-refractivity contribution < 1.29 is 19.4 Å². The molecule has 0 aromatic rings. The van der Waals surface area contributed by atoms with Gasteiger partial charge in [-0.25, -0.2) is 4.79 Å². The minimum absolute atomic E-state index is 0.0960. The van der Waals surface area contributed by atoms with Crippen molar-refractivity contribution in [2.24, 2.45) is 0 Å². The first-order valence-electron chi connectivity index (χ1n) is 3.95. The van der Waals surface area contributed by atoms with Crippen molar-refractivity contribution in [1.29, 1.82) is 0 Å². The Hall–Kier alpha value is -1.36. The lowest BCUT2D eigenvalue weighted by atomic mass is 10.4. The topological polar surface area (TPSA) is 66.8 Å². The van der Waals surface area contributed by atoms with Crippen molar-refractivity contribution in [2.45, 2.75) is 0 Å². The minimum Gasteiger partial charge on any atom is -0.478 e. The van der Waals surface area contributed by atoms with Crippen LogP contribution in [0.4, 0.5) is 0 Å². The molecule has 0 radical (unpaired) electrons. The van der Waals surface area contributed by atoms with Gasteiger partial charge in [0.25, 0.3) is 0 Å². The summed E-state index contributed by atoms with van der Waals surface area (Å²) in [7, 11) is 0. The first-order chi connectivity index (χ1) is 6.20. The molecule has 1 aliphatic heterocycles. The molecule has 0 aliphatic carbocycles. The van der Waals surface area contributed by atoms with E-state index in [4.69, 9.17) is 9.84 Å². The number of carbonyl (C=O) groups excluding carboxylic acids is 1. The molecule has 1 fully saturated rings. The van der Waals surface area contributed by atoms with Crippen LogP contribution in [0, 0.1) is 0 Å². The first kappa shape index (κ1) is 9.73. The molecule has 0 unspecified atom stereocenters. The fourth-order valence-corrected chi connectivity index (χ4v) is 1.02. The zero-order valence-corrected chi connectivity index (χ0v) is 7.10. The monoisotopic (exact) mass is 185 g/mol. The Kier molecular flexibility index (Phi) is 3.45. The lowest BCUT2D eigenvalue weighted by Gasteiger charge is -2.25. The number of carbonyl (C=O) groups is 2. The van der Waals surface area contributed by atoms with Crippen LogP contribution in [0.3, 0.4) is 0 Å². The normalized spacial score (nSPS) is 18.2. The van der Waals surface area contributed by atoms with Crippen LogP contribution in [0.1, 0.15) is 0 Å². The van der Waals surface area contributed by atoms with E-state index >= 15 is 0 Å². The molecule has 13 heavy (non-hydrogen) atoms. The van der Waals surface area contributed by atoms with E-state index in [0.29, 0.717) is 19.7 Å². The molecular weight excluding hydrogens is 174 g/mol. The van der Waals surface area contributed by atoms with Gasteiger partial charge in [-0.05, 0) is 0 Å². The number of hydrogen-bond acceptors (Lipinski definition) is 3. The molecule has 0 aromatic carbocycles. The number of carboxylic acid groups (broad SMARTS) is 1. The molecule has 5 heteroatoms. The summed E-state index contributed by atoms with van der Waals surface area (Å²) in [5, 5.41) is 8.29. The van der Waals surface area contributed by atoms with Gasteiger partial charge in [0.1, 0.15) is 6.61 Å². The van der Waals surface area contributed by atoms with Crippen LogP contribution in [0.2, 0.25) is 0 Å². The average Bonchev–Trinajstić information content (AvgIpc) is 2.08. The molecule has 1 saturated heterocycles. The summed E-state index contributed by atoms with van der Waals surface area (Å²) in [6.45, 7) is 1.49. The van der Waals surface area contributed by atoms with E-state index in [1.165, 1.54) is 6.08 Å². The number of rotatable bonds is 3. The first-order valence-corrected chi connectivity index (χ1v) is 3.95. The van der Waals surface area contributed by atoms with Gasteiger partial charge in [-0.3, -0.25) is 4.79 Å². The molecule has 1 N–H and O–H groups in total. The quantitative estimate of drug-likeness (QED) is 0.601. The fourth-order valence-electron chi connectivity index (χ4n) is 1.02. The van der Waals surface area contributed by atoms with E-state index in [1.807, 2.05) is 0 Å². The fraction of sp³-hybridized carbons (Fsp3) is 0.500. The van der Waals surface area contributed by atoms with E-state index in [1.54, 1.807) is 4.90 Å². The summed E-state index contributed by atoms with van der Waals surface area (Å²) in [6.07, 6.45) is 2.48. The van der Waals surface area contributed by atoms with Crippen molar-refractivity contribution in [3.63, 3.8) is 0 Å². The second-order valence-corrected chi connectivity index (χ2v) is 2.63. The van der Waals surface area contributed by atoms with Gasteiger partial charge in [-0.15, -0.1) is 0 Å². The number of morpholine rings is 1. The van der Waals surface area contributed by atoms with Crippen LogP contribution < -0.4 is 0 Å². The van der Waals surface area contributed by atoms with E-state index < -0.39 is 5.97 Å². The summed E-state index contributed by atoms with van der Waals surface area (Å²) in [5.41, 5.74) is 0. The van der Waals surface area contributed by atoms with E-state index in [9.17, 15) is 9.59 Å². The molecular formula is C8H11NO4. The van der Waals surface area contributed by atoms with E-state index in [-0.39, 0.29) is 12.5 Å². The molecule has 0 bridgehead atoms. The molecule has 1 rings (SSSR count). The zero-order valence-electron chi connectivity index (χ0n) is 7.10. The van der Waals surface area contributed by atoms with Gasteiger partial charge in [-0.2, -0.15) is 0 Å². The zero-order chi connectivity index (χ0) is 9.68. The van der Waals surface area contributed by atoms with Crippen LogP contribution in [0.25, 0.3) is 0 Å². The predicted molar refractivity (Wildman–Crippen MR) is 44.2 cm³/mol. The van der Waals surface area contributed by atoms with E-state index in [2.05, 4.69) is 0 Å². The van der Waals surface area contributed by atoms with Gasteiger partial charge < -0.3 is 14.7 Å². The highest BCUT2D eigenvalue weighted by atomic mass is 16.5. The SMILES string of the molecule is O=C(O)/C=C/CN1CCOCC1=O. The van der Waals surface area contributed by atoms with E-state index in [0.717, 1.165) is 6.08 Å². The number of carboxylic acids is 1. The smallest absolute Gasteiger partial charge is 0.328 e. The molecule has 1 heterocycles. The van der Waals surface area contributed by atoms with Crippen LogP contribution >= 0.6 is 0 Å². The summed E-state index contributed by atoms with van der Waals surface area (Å²) in [4.78, 5) is 22.8. The largest absolute Gasteiger partial charge is 0.478 e. The molecule has 0 spiro atoms. The summed E-state index contributed by atoms with van der Waals surface area (Å²) in [6, 6.07) is 0. The third-order valence-corrected chi connectivity index (χ3v) is 1.67. The van der Waals surface area contributed by atoms with Crippen LogP contribution in [0.5, 0.6) is 0 Å². The van der Waals surface area contributed by atoms with Gasteiger partial charge in [0.05, 0.1) is 6.61 Å². The molecule has 5 nitrogen and oxygen atoms in total. The Morgan fingerprint density at radius 1 is 1.69 bits per heavy atom. The van der Waals surface area contributed by atoms with Crippen LogP contribution in [-0.4, -0.2) is 48.2 Å². The Balaban J connectivity index is 2.34. The highest BCUT2D eigenvalue weighted by Gasteiger charge is 2.16. The Morgan fingerprint density at radius 2 is 2.46 bits per heavy atom. The molecule has 1 aliphatic rings. The number of amides is 1. The summed E-state index contributed by atoms with van der Waals surface area (Å²) >= 11 is 0. The third kappa shape index (κ3) is 3.25. The highest BCUT2D eigenvalue weighted by molar-refractivity contribution is 5.80. The second kappa shape index (κ2) is 4.61. The van der Waals surface area contributed by atoms with Crippen molar-refractivity contribution in [2.75, 3.05) is 26.3 Å². The average molecular weight is 185 g/mol. The maximum Gasteiger partial charge on any atom is 0.328 e. The van der Waals surface area contributed by atoms with Crippen molar-refractivity contribution in [3.8, 4) is 0 Å². The van der Waals surface area contributed by atoms with Gasteiger partial charge in [0.2, 0.25) is 5.91 Å². The Morgan fingerprint density at radius 3 is 3.08 bits per heavy atom.